The van der Waals surface area contributed by atoms with Crippen LogP contribution in [0.15, 0.2) is 36.7 Å². The lowest BCUT2D eigenvalue weighted by molar-refractivity contribution is -0.119. The van der Waals surface area contributed by atoms with Crippen molar-refractivity contribution in [2.24, 2.45) is 0 Å². The molecule has 21 heavy (non-hydrogen) atoms. The first-order valence-electron chi connectivity index (χ1n) is 7.00. The van der Waals surface area contributed by atoms with Crippen molar-refractivity contribution in [1.29, 1.82) is 0 Å². The van der Waals surface area contributed by atoms with E-state index in [4.69, 9.17) is 0 Å². The summed E-state index contributed by atoms with van der Waals surface area (Å²) in [6, 6.07) is 6.36. The molecular formula is C15H17FN4O. The van der Waals surface area contributed by atoms with Gasteiger partial charge in [0.15, 0.2) is 0 Å². The minimum absolute atomic E-state index is 0.202. The third kappa shape index (κ3) is 3.04. The van der Waals surface area contributed by atoms with E-state index in [2.05, 4.69) is 15.7 Å². The van der Waals surface area contributed by atoms with Crippen LogP contribution in [0.5, 0.6) is 0 Å². The van der Waals surface area contributed by atoms with Gasteiger partial charge in [-0.2, -0.15) is 5.10 Å². The molecule has 1 aliphatic rings. The maximum atomic E-state index is 14.0. The molecule has 110 valence electrons. The van der Waals surface area contributed by atoms with E-state index in [0.29, 0.717) is 11.7 Å². The molecule has 0 aliphatic heterocycles. The fourth-order valence-corrected chi connectivity index (χ4v) is 2.08. The van der Waals surface area contributed by atoms with Gasteiger partial charge in [0, 0.05) is 18.4 Å². The number of anilines is 2. The van der Waals surface area contributed by atoms with Gasteiger partial charge < -0.3 is 10.6 Å². The molecule has 5 nitrogen and oxygen atoms in total. The Labute approximate surface area is 122 Å². The number of carbonyl (C=O) groups excluding carboxylic acids is 1. The maximum absolute atomic E-state index is 14.0. The summed E-state index contributed by atoms with van der Waals surface area (Å²) in [7, 11) is 0. The van der Waals surface area contributed by atoms with Gasteiger partial charge in [0.25, 0.3) is 0 Å². The van der Waals surface area contributed by atoms with E-state index in [0.717, 1.165) is 12.8 Å². The Bertz CT molecular complexity index is 637. The van der Waals surface area contributed by atoms with Gasteiger partial charge in [-0.25, -0.2) is 4.39 Å². The first-order valence-corrected chi connectivity index (χ1v) is 7.00. The summed E-state index contributed by atoms with van der Waals surface area (Å²) >= 11 is 0. The minimum atomic E-state index is -0.506. The van der Waals surface area contributed by atoms with Gasteiger partial charge in [-0.15, -0.1) is 0 Å². The van der Waals surface area contributed by atoms with Crippen LogP contribution in [-0.2, 0) is 4.79 Å². The Hall–Kier alpha value is -2.37. The molecule has 6 heteroatoms. The van der Waals surface area contributed by atoms with Gasteiger partial charge in [-0.3, -0.25) is 9.48 Å². The number of halogens is 1. The van der Waals surface area contributed by atoms with Gasteiger partial charge in [0.05, 0.1) is 5.69 Å². The zero-order valence-electron chi connectivity index (χ0n) is 11.7. The lowest BCUT2D eigenvalue weighted by atomic mass is 10.2. The van der Waals surface area contributed by atoms with Crippen LogP contribution in [-0.4, -0.2) is 21.7 Å². The average Bonchev–Trinajstić information content (AvgIpc) is 3.12. The number of nitrogens with zero attached hydrogens (tertiary/aromatic N) is 2. The number of rotatable bonds is 5. The van der Waals surface area contributed by atoms with Crippen LogP contribution in [0.25, 0.3) is 0 Å². The van der Waals surface area contributed by atoms with Gasteiger partial charge in [0.2, 0.25) is 5.91 Å². The summed E-state index contributed by atoms with van der Waals surface area (Å²) in [5, 5.41) is 9.92. The van der Waals surface area contributed by atoms with Crippen molar-refractivity contribution < 1.29 is 9.18 Å². The van der Waals surface area contributed by atoms with Crippen molar-refractivity contribution in [3.8, 4) is 0 Å². The van der Waals surface area contributed by atoms with E-state index in [1.165, 1.54) is 10.7 Å². The van der Waals surface area contributed by atoms with E-state index in [1.807, 2.05) is 0 Å². The van der Waals surface area contributed by atoms with E-state index in [-0.39, 0.29) is 11.6 Å². The lowest BCUT2D eigenvalue weighted by Crippen LogP contribution is -2.25. The Morgan fingerprint density at radius 2 is 2.24 bits per heavy atom. The molecule has 1 aliphatic carbocycles. The second-order valence-corrected chi connectivity index (χ2v) is 5.23. The van der Waals surface area contributed by atoms with Crippen molar-refractivity contribution in [3.63, 3.8) is 0 Å². The van der Waals surface area contributed by atoms with Gasteiger partial charge >= 0.3 is 0 Å². The third-order valence-corrected chi connectivity index (χ3v) is 3.50. The van der Waals surface area contributed by atoms with E-state index in [1.54, 1.807) is 37.5 Å². The third-order valence-electron chi connectivity index (χ3n) is 3.50. The quantitative estimate of drug-likeness (QED) is 0.889. The molecule has 2 aromatic rings. The highest BCUT2D eigenvalue weighted by atomic mass is 19.1. The van der Waals surface area contributed by atoms with E-state index < -0.39 is 11.9 Å². The van der Waals surface area contributed by atoms with Gasteiger partial charge in [-0.1, -0.05) is 6.07 Å². The van der Waals surface area contributed by atoms with Crippen LogP contribution in [0.3, 0.4) is 0 Å². The first-order chi connectivity index (χ1) is 10.1. The lowest BCUT2D eigenvalue weighted by Gasteiger charge is -2.16. The SMILES string of the molecule is C[C@H](C(=O)Nc1c(F)cccc1NC1CC1)n1cccn1. The molecule has 1 saturated carbocycles. The number of aromatic nitrogens is 2. The second-order valence-electron chi connectivity index (χ2n) is 5.23. The predicted molar refractivity (Wildman–Crippen MR) is 78.6 cm³/mol. The summed E-state index contributed by atoms with van der Waals surface area (Å²) in [6.45, 7) is 1.72. The highest BCUT2D eigenvalue weighted by Crippen LogP contribution is 2.31. The van der Waals surface area contributed by atoms with Crippen LogP contribution < -0.4 is 10.6 Å². The topological polar surface area (TPSA) is 59.0 Å². The minimum Gasteiger partial charge on any atom is -0.381 e. The molecule has 2 N–H and O–H groups in total. The highest BCUT2D eigenvalue weighted by molar-refractivity contribution is 5.96. The molecule has 0 unspecified atom stereocenters. The van der Waals surface area contributed by atoms with E-state index in [9.17, 15) is 9.18 Å². The number of nitrogens with one attached hydrogen (secondary N) is 2. The maximum Gasteiger partial charge on any atom is 0.249 e. The molecule has 0 radical (unpaired) electrons. The molecule has 0 spiro atoms. The van der Waals surface area contributed by atoms with Crippen molar-refractivity contribution in [3.05, 3.63) is 42.5 Å². The average molecular weight is 288 g/mol. The molecule has 1 fully saturated rings. The number of amides is 1. The van der Waals surface area contributed by atoms with Crippen LogP contribution in [0.1, 0.15) is 25.8 Å². The summed E-state index contributed by atoms with van der Waals surface area (Å²) in [5.41, 5.74) is 0.826. The smallest absolute Gasteiger partial charge is 0.249 e. The monoisotopic (exact) mass is 288 g/mol. The fraction of sp³-hybridized carbons (Fsp3) is 0.333. The van der Waals surface area contributed by atoms with Crippen LogP contribution in [0, 0.1) is 5.82 Å². The Morgan fingerprint density at radius 3 is 2.90 bits per heavy atom. The Kier molecular flexibility index (Phi) is 3.60. The standard InChI is InChI=1S/C15H17FN4O/c1-10(20-9-3-8-17-20)15(21)19-14-12(16)4-2-5-13(14)18-11-6-7-11/h2-5,8-11,18H,6-7H2,1H3,(H,19,21)/t10-/m1/s1. The molecule has 1 aromatic carbocycles. The Balaban J connectivity index is 1.78. The normalized spacial score (nSPS) is 15.5. The second kappa shape index (κ2) is 5.55. The molecule has 1 amide bonds. The number of hydrogen-bond acceptors (Lipinski definition) is 3. The summed E-state index contributed by atoms with van der Waals surface area (Å²) in [4.78, 5) is 12.3. The molecular weight excluding hydrogens is 271 g/mol. The summed E-state index contributed by atoms with van der Waals surface area (Å²) < 4.78 is 15.5. The predicted octanol–water partition coefficient (Wildman–Crippen LogP) is 2.80. The van der Waals surface area contributed by atoms with Crippen molar-refractivity contribution in [2.45, 2.75) is 31.8 Å². The molecule has 3 rings (SSSR count). The molecule has 0 bridgehead atoms. The summed E-state index contributed by atoms with van der Waals surface area (Å²) in [5.74, 6) is -0.746. The zero-order chi connectivity index (χ0) is 14.8. The molecule has 1 aromatic heterocycles. The zero-order valence-corrected chi connectivity index (χ0v) is 11.7. The van der Waals surface area contributed by atoms with Gasteiger partial charge in [-0.05, 0) is 38.0 Å². The number of benzene rings is 1. The first kappa shape index (κ1) is 13.6. The van der Waals surface area contributed by atoms with Crippen LogP contribution in [0.4, 0.5) is 15.8 Å². The van der Waals surface area contributed by atoms with Crippen molar-refractivity contribution in [2.75, 3.05) is 10.6 Å². The highest BCUT2D eigenvalue weighted by Gasteiger charge is 2.24. The van der Waals surface area contributed by atoms with Crippen LogP contribution >= 0.6 is 0 Å². The van der Waals surface area contributed by atoms with Crippen molar-refractivity contribution in [1.82, 2.24) is 9.78 Å². The Morgan fingerprint density at radius 1 is 1.43 bits per heavy atom. The fourth-order valence-electron chi connectivity index (χ4n) is 2.08. The molecule has 1 heterocycles. The van der Waals surface area contributed by atoms with Crippen molar-refractivity contribution >= 4 is 17.3 Å². The van der Waals surface area contributed by atoms with Crippen LogP contribution in [0.2, 0.25) is 0 Å². The molecule has 0 saturated heterocycles. The number of para-hydroxylation sites is 1. The van der Waals surface area contributed by atoms with Gasteiger partial charge in [0.1, 0.15) is 17.5 Å². The molecule has 1 atom stereocenters. The van der Waals surface area contributed by atoms with E-state index >= 15 is 0 Å². The largest absolute Gasteiger partial charge is 0.381 e. The summed E-state index contributed by atoms with van der Waals surface area (Å²) in [6.07, 6.45) is 5.46. The number of hydrogen-bond donors (Lipinski definition) is 2. The number of carbonyl (C=O) groups is 1.